The third-order valence-electron chi connectivity index (χ3n) is 2.12. The molecule has 8 heteroatoms. The van der Waals surface area contributed by atoms with E-state index in [4.69, 9.17) is 19.9 Å². The van der Waals surface area contributed by atoms with Crippen molar-refractivity contribution in [2.75, 3.05) is 14.2 Å². The quantitative estimate of drug-likeness (QED) is 0.356. The van der Waals surface area contributed by atoms with Gasteiger partial charge in [0, 0.05) is 12.5 Å². The molecule has 0 aliphatic rings. The number of urea groups is 1. The zero-order chi connectivity index (χ0) is 15.1. The predicted octanol–water partition coefficient (Wildman–Crippen LogP) is 0.631. The summed E-state index contributed by atoms with van der Waals surface area (Å²) in [6, 6.07) is 2.34. The number of methoxy groups -OCH3 is 2. The lowest BCUT2D eigenvalue weighted by atomic mass is 10.2. The summed E-state index contributed by atoms with van der Waals surface area (Å²) < 4.78 is 15.3. The highest BCUT2D eigenvalue weighted by atomic mass is 16.6. The molecule has 0 spiro atoms. The van der Waals surface area contributed by atoms with Crippen LogP contribution in [-0.2, 0) is 4.79 Å². The predicted molar refractivity (Wildman–Crippen MR) is 71.2 cm³/mol. The number of amides is 2. The van der Waals surface area contributed by atoms with E-state index in [0.29, 0.717) is 17.1 Å². The Morgan fingerprint density at radius 3 is 2.20 bits per heavy atom. The smallest absolute Gasteiger partial charge is 0.332 e. The summed E-state index contributed by atoms with van der Waals surface area (Å²) in [5.41, 5.74) is 7.49. The highest BCUT2D eigenvalue weighted by Crippen LogP contribution is 2.38. The van der Waals surface area contributed by atoms with Crippen LogP contribution in [0.5, 0.6) is 17.2 Å². The van der Waals surface area contributed by atoms with Crippen LogP contribution in [0.15, 0.2) is 17.2 Å². The first kappa shape index (κ1) is 15.3. The summed E-state index contributed by atoms with van der Waals surface area (Å²) in [5, 5.41) is 3.61. The van der Waals surface area contributed by atoms with E-state index in [0.717, 1.165) is 0 Å². The van der Waals surface area contributed by atoms with Crippen molar-refractivity contribution >= 4 is 18.2 Å². The molecule has 0 aliphatic heterocycles. The number of benzene rings is 1. The lowest BCUT2D eigenvalue weighted by molar-refractivity contribution is -0.132. The molecule has 0 radical (unpaired) electrons. The van der Waals surface area contributed by atoms with Gasteiger partial charge in [-0.2, -0.15) is 5.10 Å². The van der Waals surface area contributed by atoms with Crippen molar-refractivity contribution in [3.05, 3.63) is 17.7 Å². The van der Waals surface area contributed by atoms with E-state index < -0.39 is 12.0 Å². The van der Waals surface area contributed by atoms with Crippen LogP contribution in [0.2, 0.25) is 0 Å². The molecule has 0 aromatic heterocycles. The second-order valence-electron chi connectivity index (χ2n) is 3.58. The van der Waals surface area contributed by atoms with Gasteiger partial charge in [-0.15, -0.1) is 0 Å². The lowest BCUT2D eigenvalue weighted by Gasteiger charge is -2.13. The number of nitrogens with zero attached hydrogens (tertiary/aromatic N) is 1. The van der Waals surface area contributed by atoms with Crippen molar-refractivity contribution in [1.29, 1.82) is 0 Å². The number of hydrazone groups is 1. The molecule has 0 unspecified atom stereocenters. The zero-order valence-electron chi connectivity index (χ0n) is 11.3. The number of hydrogen-bond donors (Lipinski definition) is 2. The highest BCUT2D eigenvalue weighted by Gasteiger charge is 2.15. The van der Waals surface area contributed by atoms with Gasteiger partial charge < -0.3 is 19.9 Å². The Morgan fingerprint density at radius 1 is 1.25 bits per heavy atom. The van der Waals surface area contributed by atoms with Gasteiger partial charge in [0.05, 0.1) is 20.4 Å². The van der Waals surface area contributed by atoms with E-state index in [1.165, 1.54) is 27.4 Å². The van der Waals surface area contributed by atoms with E-state index >= 15 is 0 Å². The molecule has 0 fully saturated rings. The molecule has 0 saturated heterocycles. The molecule has 0 atom stereocenters. The summed E-state index contributed by atoms with van der Waals surface area (Å²) in [5.74, 6) is 0.251. The Kier molecular flexibility index (Phi) is 5.33. The number of esters is 1. The molecule has 3 N–H and O–H groups in total. The molecular weight excluding hydrogens is 266 g/mol. The summed E-state index contributed by atoms with van der Waals surface area (Å²) in [4.78, 5) is 21.6. The van der Waals surface area contributed by atoms with E-state index in [1.807, 2.05) is 0 Å². The third kappa shape index (κ3) is 4.16. The van der Waals surface area contributed by atoms with E-state index in [9.17, 15) is 9.59 Å². The summed E-state index contributed by atoms with van der Waals surface area (Å²) in [6.07, 6.45) is 1.34. The van der Waals surface area contributed by atoms with E-state index in [-0.39, 0.29) is 5.75 Å². The van der Waals surface area contributed by atoms with Crippen LogP contribution in [0.4, 0.5) is 4.79 Å². The molecule has 0 saturated carbocycles. The normalized spacial score (nSPS) is 10.2. The van der Waals surface area contributed by atoms with E-state index in [1.54, 1.807) is 12.1 Å². The zero-order valence-corrected chi connectivity index (χ0v) is 11.3. The minimum absolute atomic E-state index is 0.169. The molecule has 20 heavy (non-hydrogen) atoms. The van der Waals surface area contributed by atoms with Crippen molar-refractivity contribution in [3.8, 4) is 17.2 Å². The summed E-state index contributed by atoms with van der Waals surface area (Å²) in [7, 11) is 2.84. The highest BCUT2D eigenvalue weighted by molar-refractivity contribution is 5.84. The van der Waals surface area contributed by atoms with Crippen LogP contribution < -0.4 is 25.4 Å². The van der Waals surface area contributed by atoms with Crippen LogP contribution in [-0.4, -0.2) is 32.4 Å². The fraction of sp³-hybridized carbons (Fsp3) is 0.250. The molecule has 8 nitrogen and oxygen atoms in total. The van der Waals surface area contributed by atoms with Gasteiger partial charge >= 0.3 is 12.0 Å². The van der Waals surface area contributed by atoms with Crippen molar-refractivity contribution in [2.45, 2.75) is 6.92 Å². The third-order valence-corrected chi connectivity index (χ3v) is 2.12. The minimum Gasteiger partial charge on any atom is -0.493 e. The van der Waals surface area contributed by atoms with Gasteiger partial charge in [0.25, 0.3) is 0 Å². The molecule has 2 amide bonds. The second kappa shape index (κ2) is 6.98. The van der Waals surface area contributed by atoms with Gasteiger partial charge in [-0.3, -0.25) is 4.79 Å². The van der Waals surface area contributed by atoms with Gasteiger partial charge in [-0.1, -0.05) is 0 Å². The van der Waals surface area contributed by atoms with Gasteiger partial charge in [-0.05, 0) is 12.1 Å². The van der Waals surface area contributed by atoms with Crippen LogP contribution in [0, 0.1) is 0 Å². The Bertz CT molecular complexity index is 517. The Morgan fingerprint density at radius 2 is 1.80 bits per heavy atom. The molecule has 1 aromatic carbocycles. The molecule has 1 rings (SSSR count). The van der Waals surface area contributed by atoms with Gasteiger partial charge in [0.1, 0.15) is 0 Å². The maximum atomic E-state index is 11.1. The second-order valence-corrected chi connectivity index (χ2v) is 3.58. The van der Waals surface area contributed by atoms with Crippen molar-refractivity contribution in [2.24, 2.45) is 10.8 Å². The number of ether oxygens (including phenoxy) is 3. The van der Waals surface area contributed by atoms with E-state index in [2.05, 4.69) is 10.5 Å². The Hall–Kier alpha value is -2.77. The van der Waals surface area contributed by atoms with Crippen molar-refractivity contribution in [3.63, 3.8) is 0 Å². The van der Waals surface area contributed by atoms with Crippen LogP contribution in [0.1, 0.15) is 12.5 Å². The van der Waals surface area contributed by atoms with Crippen LogP contribution in [0.3, 0.4) is 0 Å². The standard InChI is InChI=1S/C12H15N3O5/c1-7(16)20-11-9(18-2)4-8(5-10(11)19-3)6-14-15-12(13)17/h4-6H,1-3H3,(H3,13,15,17)/b14-6+. The first-order valence-corrected chi connectivity index (χ1v) is 5.51. The number of carbonyl (C=O) groups is 2. The van der Waals surface area contributed by atoms with Gasteiger partial charge in [0.15, 0.2) is 11.5 Å². The molecule has 108 valence electrons. The lowest BCUT2D eigenvalue weighted by Crippen LogP contribution is -2.24. The van der Waals surface area contributed by atoms with Gasteiger partial charge in [-0.25, -0.2) is 10.2 Å². The molecule has 0 heterocycles. The van der Waals surface area contributed by atoms with Crippen molar-refractivity contribution < 1.29 is 23.8 Å². The monoisotopic (exact) mass is 281 g/mol. The minimum atomic E-state index is -0.781. The molecular formula is C12H15N3O5. The Balaban J connectivity index is 3.14. The topological polar surface area (TPSA) is 112 Å². The average Bonchev–Trinajstić information content (AvgIpc) is 2.38. The van der Waals surface area contributed by atoms with Gasteiger partial charge in [0.2, 0.25) is 5.75 Å². The molecule has 0 aliphatic carbocycles. The summed E-state index contributed by atoms with van der Waals surface area (Å²) in [6.45, 7) is 1.27. The fourth-order valence-corrected chi connectivity index (χ4v) is 1.39. The number of carbonyl (C=O) groups excluding carboxylic acids is 2. The van der Waals surface area contributed by atoms with Crippen LogP contribution in [0.25, 0.3) is 0 Å². The first-order valence-electron chi connectivity index (χ1n) is 5.51. The SMILES string of the molecule is COc1cc(/C=N/NC(N)=O)cc(OC)c1OC(C)=O. The molecule has 0 bridgehead atoms. The number of nitrogens with two attached hydrogens (primary N) is 1. The maximum Gasteiger partial charge on any atom is 0.332 e. The first-order chi connectivity index (χ1) is 9.47. The van der Waals surface area contributed by atoms with Crippen LogP contribution >= 0.6 is 0 Å². The largest absolute Gasteiger partial charge is 0.493 e. The summed E-state index contributed by atoms with van der Waals surface area (Å²) >= 11 is 0. The average molecular weight is 281 g/mol. The maximum absolute atomic E-state index is 11.1. The number of rotatable bonds is 5. The molecule has 1 aromatic rings. The Labute approximate surface area is 115 Å². The van der Waals surface area contributed by atoms with Crippen molar-refractivity contribution in [1.82, 2.24) is 5.43 Å². The number of nitrogens with one attached hydrogen (secondary N) is 1. The number of primary amides is 1. The number of hydrogen-bond acceptors (Lipinski definition) is 6. The fourth-order valence-electron chi connectivity index (χ4n) is 1.39.